The molecule has 0 unspecified atom stereocenters. The summed E-state index contributed by atoms with van der Waals surface area (Å²) in [5.41, 5.74) is 13.1. The molecular formula is C53H43NS. The standard InChI is InChI=1S/C53H43NS/c1-53(2)43-27-10-8-23-41(43)51-44(53)28-15-29-45(51)54(47-30-14-25-40-39-22-9-11-31-48(39)55-52(40)47)46-33-32-35-18-6-7-21-38(35)50(46)42-26-13-20-36-19-12-24-37(49(36)42)34-16-4-3-5-17-34/h6-15,18-34H,3-5,16-17H2,1-2H3. The van der Waals surface area contributed by atoms with E-state index in [0.29, 0.717) is 5.92 Å². The van der Waals surface area contributed by atoms with Crippen molar-refractivity contribution in [3.63, 3.8) is 0 Å². The lowest BCUT2D eigenvalue weighted by molar-refractivity contribution is 0.445. The fourth-order valence-electron chi connectivity index (χ4n) is 10.3. The van der Waals surface area contributed by atoms with Gasteiger partial charge in [0, 0.05) is 32.0 Å². The monoisotopic (exact) mass is 725 g/mol. The maximum absolute atomic E-state index is 2.64. The summed E-state index contributed by atoms with van der Waals surface area (Å²) >= 11 is 1.91. The topological polar surface area (TPSA) is 3.24 Å². The van der Waals surface area contributed by atoms with Crippen molar-refractivity contribution in [3.8, 4) is 22.3 Å². The summed E-state index contributed by atoms with van der Waals surface area (Å²) in [6.07, 6.45) is 6.50. The van der Waals surface area contributed by atoms with Crippen molar-refractivity contribution >= 4 is 70.1 Å². The highest BCUT2D eigenvalue weighted by Crippen LogP contribution is 2.57. The molecule has 55 heavy (non-hydrogen) atoms. The molecule has 0 N–H and O–H groups in total. The zero-order valence-corrected chi connectivity index (χ0v) is 32.3. The van der Waals surface area contributed by atoms with Gasteiger partial charge in [0.2, 0.25) is 0 Å². The van der Waals surface area contributed by atoms with Gasteiger partial charge in [0.05, 0.1) is 21.8 Å². The van der Waals surface area contributed by atoms with Gasteiger partial charge in [-0.3, -0.25) is 0 Å². The van der Waals surface area contributed by atoms with Crippen LogP contribution in [0.1, 0.15) is 68.6 Å². The van der Waals surface area contributed by atoms with E-state index in [9.17, 15) is 0 Å². The van der Waals surface area contributed by atoms with Crippen molar-refractivity contribution in [1.82, 2.24) is 0 Å². The summed E-state index contributed by atoms with van der Waals surface area (Å²) < 4.78 is 2.63. The van der Waals surface area contributed by atoms with Crippen LogP contribution in [0.5, 0.6) is 0 Å². The molecular weight excluding hydrogens is 683 g/mol. The number of hydrogen-bond acceptors (Lipinski definition) is 2. The second kappa shape index (κ2) is 12.7. The number of hydrogen-bond donors (Lipinski definition) is 0. The zero-order chi connectivity index (χ0) is 36.7. The van der Waals surface area contributed by atoms with E-state index in [1.807, 2.05) is 11.3 Å². The lowest BCUT2D eigenvalue weighted by atomic mass is 9.80. The Morgan fingerprint density at radius 2 is 1.13 bits per heavy atom. The Kier molecular flexibility index (Phi) is 7.54. The molecule has 0 saturated heterocycles. The summed E-state index contributed by atoms with van der Waals surface area (Å²) in [6.45, 7) is 4.78. The highest BCUT2D eigenvalue weighted by molar-refractivity contribution is 7.26. The molecule has 0 bridgehead atoms. The number of anilines is 3. The maximum Gasteiger partial charge on any atom is 0.0640 e. The first-order valence-electron chi connectivity index (χ1n) is 20.1. The largest absolute Gasteiger partial charge is 0.308 e. The molecule has 1 heterocycles. The third-order valence-electron chi connectivity index (χ3n) is 12.9. The molecule has 8 aromatic carbocycles. The van der Waals surface area contributed by atoms with Gasteiger partial charge in [0.1, 0.15) is 0 Å². The molecule has 0 radical (unpaired) electrons. The van der Waals surface area contributed by atoms with E-state index in [1.54, 1.807) is 0 Å². The van der Waals surface area contributed by atoms with Crippen LogP contribution >= 0.6 is 11.3 Å². The molecule has 2 aliphatic carbocycles. The third kappa shape index (κ3) is 4.97. The minimum Gasteiger partial charge on any atom is -0.308 e. The van der Waals surface area contributed by atoms with E-state index in [1.165, 1.54) is 130 Å². The highest BCUT2D eigenvalue weighted by Gasteiger charge is 2.38. The first-order chi connectivity index (χ1) is 27.1. The van der Waals surface area contributed by atoms with E-state index in [2.05, 4.69) is 176 Å². The van der Waals surface area contributed by atoms with E-state index in [0.717, 1.165) is 0 Å². The minimum atomic E-state index is -0.117. The van der Waals surface area contributed by atoms with E-state index >= 15 is 0 Å². The molecule has 1 aromatic heterocycles. The van der Waals surface area contributed by atoms with Crippen molar-refractivity contribution in [2.75, 3.05) is 4.90 Å². The fourth-order valence-corrected chi connectivity index (χ4v) is 11.5. The van der Waals surface area contributed by atoms with Crippen LogP contribution in [0, 0.1) is 0 Å². The summed E-state index contributed by atoms with van der Waals surface area (Å²) in [6, 6.07) is 59.8. The van der Waals surface area contributed by atoms with E-state index < -0.39 is 0 Å². The van der Waals surface area contributed by atoms with Gasteiger partial charge in [-0.25, -0.2) is 0 Å². The van der Waals surface area contributed by atoms with Crippen LogP contribution in [0.2, 0.25) is 0 Å². The maximum atomic E-state index is 2.64. The predicted molar refractivity (Wildman–Crippen MR) is 238 cm³/mol. The molecule has 266 valence electrons. The fraction of sp³-hybridized carbons (Fsp3) is 0.170. The molecule has 1 fully saturated rings. The normalized spacial score (nSPS) is 15.2. The molecule has 2 aliphatic rings. The zero-order valence-electron chi connectivity index (χ0n) is 31.5. The van der Waals surface area contributed by atoms with Crippen LogP contribution in [0.15, 0.2) is 158 Å². The lowest BCUT2D eigenvalue weighted by Crippen LogP contribution is -2.16. The molecule has 1 nitrogen and oxygen atoms in total. The van der Waals surface area contributed by atoms with E-state index in [4.69, 9.17) is 0 Å². The lowest BCUT2D eigenvalue weighted by Gasteiger charge is -2.32. The first-order valence-corrected chi connectivity index (χ1v) is 20.9. The van der Waals surface area contributed by atoms with Crippen molar-refractivity contribution in [2.45, 2.75) is 57.3 Å². The highest BCUT2D eigenvalue weighted by atomic mass is 32.1. The Balaban J connectivity index is 1.29. The first kappa shape index (κ1) is 32.7. The molecule has 2 heteroatoms. The Morgan fingerprint density at radius 3 is 2.02 bits per heavy atom. The molecule has 9 aromatic rings. The SMILES string of the molecule is CC1(C)c2ccccc2-c2c(N(c3ccc4ccccc4c3-c3cccc4cccc(C5CCCCC5)c34)c3cccc4c3sc3ccccc34)cccc21. The van der Waals surface area contributed by atoms with Gasteiger partial charge in [-0.15, -0.1) is 11.3 Å². The van der Waals surface area contributed by atoms with Gasteiger partial charge < -0.3 is 4.90 Å². The van der Waals surface area contributed by atoms with Crippen molar-refractivity contribution in [1.29, 1.82) is 0 Å². The predicted octanol–water partition coefficient (Wildman–Crippen LogP) is 15.9. The molecule has 0 atom stereocenters. The van der Waals surface area contributed by atoms with Crippen molar-refractivity contribution in [3.05, 3.63) is 174 Å². The molecule has 0 aliphatic heterocycles. The van der Waals surface area contributed by atoms with Gasteiger partial charge in [0.15, 0.2) is 0 Å². The number of rotatable bonds is 5. The average molecular weight is 726 g/mol. The number of benzene rings is 8. The second-order valence-corrected chi connectivity index (χ2v) is 17.3. The van der Waals surface area contributed by atoms with Gasteiger partial charge in [0.25, 0.3) is 0 Å². The molecule has 0 amide bonds. The van der Waals surface area contributed by atoms with E-state index in [-0.39, 0.29) is 5.41 Å². The van der Waals surface area contributed by atoms with Crippen molar-refractivity contribution in [2.24, 2.45) is 0 Å². The molecule has 0 spiro atoms. The van der Waals surface area contributed by atoms with Gasteiger partial charge in [-0.1, -0.05) is 167 Å². The number of nitrogens with zero attached hydrogens (tertiary/aromatic N) is 1. The minimum absolute atomic E-state index is 0.117. The van der Waals surface area contributed by atoms with Crippen LogP contribution in [0.25, 0.3) is 64.0 Å². The van der Waals surface area contributed by atoms with Gasteiger partial charge >= 0.3 is 0 Å². The number of thiophene rings is 1. The third-order valence-corrected chi connectivity index (χ3v) is 14.1. The van der Waals surface area contributed by atoms with Crippen LogP contribution in [-0.2, 0) is 5.41 Å². The Morgan fingerprint density at radius 1 is 0.491 bits per heavy atom. The quantitative estimate of drug-likeness (QED) is 0.171. The second-order valence-electron chi connectivity index (χ2n) is 16.2. The van der Waals surface area contributed by atoms with Crippen molar-refractivity contribution < 1.29 is 0 Å². The summed E-state index contributed by atoms with van der Waals surface area (Å²) in [5.74, 6) is 0.580. The summed E-state index contributed by atoms with van der Waals surface area (Å²) in [5, 5.41) is 7.92. The van der Waals surface area contributed by atoms with Crippen LogP contribution in [-0.4, -0.2) is 0 Å². The Bertz CT molecular complexity index is 2950. The number of fused-ring (bicyclic) bond motifs is 8. The summed E-state index contributed by atoms with van der Waals surface area (Å²) in [4.78, 5) is 2.64. The Labute approximate surface area is 327 Å². The smallest absolute Gasteiger partial charge is 0.0640 e. The average Bonchev–Trinajstić information content (AvgIpc) is 3.74. The molecule has 11 rings (SSSR count). The van der Waals surface area contributed by atoms with Gasteiger partial charge in [-0.05, 0) is 92.4 Å². The van der Waals surface area contributed by atoms with Crippen LogP contribution in [0.3, 0.4) is 0 Å². The van der Waals surface area contributed by atoms with Crippen LogP contribution in [0.4, 0.5) is 17.1 Å². The van der Waals surface area contributed by atoms with Gasteiger partial charge in [-0.2, -0.15) is 0 Å². The van der Waals surface area contributed by atoms with Crippen LogP contribution < -0.4 is 4.90 Å². The summed E-state index contributed by atoms with van der Waals surface area (Å²) in [7, 11) is 0. The molecule has 1 saturated carbocycles. The Hall–Kier alpha value is -5.70.